The van der Waals surface area contributed by atoms with E-state index in [9.17, 15) is 13.9 Å². The fourth-order valence-corrected chi connectivity index (χ4v) is 1.20. The highest BCUT2D eigenvalue weighted by Gasteiger charge is 2.18. The lowest BCUT2D eigenvalue weighted by atomic mass is 10.0. The molecule has 0 spiro atoms. The van der Waals surface area contributed by atoms with Crippen molar-refractivity contribution >= 4 is 11.6 Å². The summed E-state index contributed by atoms with van der Waals surface area (Å²) in [6.07, 6.45) is -1.23. The van der Waals surface area contributed by atoms with Gasteiger partial charge in [0.2, 0.25) is 0 Å². The minimum absolute atomic E-state index is 0.179. The summed E-state index contributed by atoms with van der Waals surface area (Å²) >= 11 is 5.34. The zero-order valence-electron chi connectivity index (χ0n) is 7.47. The molecule has 14 heavy (non-hydrogen) atoms. The number of hydrogen-bond donors (Lipinski definition) is 2. The maximum absolute atomic E-state index is 13.2. The van der Waals surface area contributed by atoms with Gasteiger partial charge in [-0.15, -0.1) is 0 Å². The van der Waals surface area contributed by atoms with E-state index < -0.39 is 23.8 Å². The van der Waals surface area contributed by atoms with Crippen LogP contribution in [-0.2, 0) is 0 Å². The number of hydrogen-bond acceptors (Lipinski definition) is 2. The summed E-state index contributed by atoms with van der Waals surface area (Å²) in [5, 5.41) is 9.10. The largest absolute Gasteiger partial charge is 0.387 e. The van der Waals surface area contributed by atoms with E-state index in [0.717, 1.165) is 12.1 Å². The molecule has 1 rings (SSSR count). The summed E-state index contributed by atoms with van der Waals surface area (Å²) in [6, 6.07) is 0.994. The number of aliphatic hydroxyl groups is 1. The fraction of sp³-hybridized carbons (Fsp3) is 0.333. The molecule has 78 valence electrons. The van der Waals surface area contributed by atoms with Crippen molar-refractivity contribution < 1.29 is 13.9 Å². The summed E-state index contributed by atoms with van der Waals surface area (Å²) in [5.41, 5.74) is 5.17. The van der Waals surface area contributed by atoms with Crippen LogP contribution in [0.1, 0.15) is 18.6 Å². The molecule has 0 unspecified atom stereocenters. The van der Waals surface area contributed by atoms with Gasteiger partial charge < -0.3 is 10.8 Å². The van der Waals surface area contributed by atoms with Gasteiger partial charge in [-0.1, -0.05) is 11.6 Å². The van der Waals surface area contributed by atoms with Crippen LogP contribution in [-0.4, -0.2) is 11.1 Å². The van der Waals surface area contributed by atoms with Gasteiger partial charge in [-0.2, -0.15) is 0 Å². The Morgan fingerprint density at radius 1 is 1.36 bits per heavy atom. The number of benzene rings is 1. The zero-order chi connectivity index (χ0) is 10.9. The third-order valence-electron chi connectivity index (χ3n) is 1.86. The molecule has 1 aromatic carbocycles. The molecule has 5 heteroatoms. The highest BCUT2D eigenvalue weighted by molar-refractivity contribution is 6.30. The molecule has 0 aliphatic heterocycles. The van der Waals surface area contributed by atoms with E-state index in [0.29, 0.717) is 0 Å². The maximum atomic E-state index is 13.2. The lowest BCUT2D eigenvalue weighted by molar-refractivity contribution is 0.148. The Balaban J connectivity index is 3.15. The van der Waals surface area contributed by atoms with Crippen LogP contribution < -0.4 is 5.73 Å². The molecule has 0 fully saturated rings. The van der Waals surface area contributed by atoms with Crippen molar-refractivity contribution in [3.05, 3.63) is 34.4 Å². The highest BCUT2D eigenvalue weighted by Crippen LogP contribution is 2.24. The number of rotatable bonds is 2. The third-order valence-corrected chi connectivity index (χ3v) is 2.15. The van der Waals surface area contributed by atoms with Gasteiger partial charge >= 0.3 is 0 Å². The van der Waals surface area contributed by atoms with Gasteiger partial charge in [-0.3, -0.25) is 0 Å². The van der Waals surface area contributed by atoms with E-state index in [4.69, 9.17) is 17.3 Å². The first-order valence-electron chi connectivity index (χ1n) is 4.01. The quantitative estimate of drug-likeness (QED) is 0.751. The van der Waals surface area contributed by atoms with Gasteiger partial charge in [0, 0.05) is 11.6 Å². The van der Waals surface area contributed by atoms with Crippen LogP contribution in [0.5, 0.6) is 0 Å². The molecular formula is C9H10ClF2NO. The molecule has 3 N–H and O–H groups in total. The standard InChI is InChI=1S/C9H10ClF2NO/c1-4(13)9(14)5-2-8(12)6(10)3-7(5)11/h2-4,9,14H,13H2,1H3/t4-,9-/m1/s1. The molecule has 0 heterocycles. The van der Waals surface area contributed by atoms with Crippen LogP contribution in [0.25, 0.3) is 0 Å². The normalized spacial score (nSPS) is 15.3. The fourth-order valence-electron chi connectivity index (χ4n) is 1.05. The Morgan fingerprint density at radius 3 is 2.43 bits per heavy atom. The molecule has 1 aromatic rings. The molecule has 2 atom stereocenters. The van der Waals surface area contributed by atoms with Crippen LogP contribution in [0.4, 0.5) is 8.78 Å². The Bertz CT molecular complexity index is 344. The summed E-state index contributed by atoms with van der Waals surface area (Å²) < 4.78 is 26.1. The second kappa shape index (κ2) is 4.21. The van der Waals surface area contributed by atoms with Crippen LogP contribution in [0.15, 0.2) is 12.1 Å². The van der Waals surface area contributed by atoms with E-state index in [-0.39, 0.29) is 10.6 Å². The van der Waals surface area contributed by atoms with Crippen LogP contribution >= 0.6 is 11.6 Å². The molecular weight excluding hydrogens is 212 g/mol. The van der Waals surface area contributed by atoms with Crippen molar-refractivity contribution in [3.63, 3.8) is 0 Å². The summed E-state index contributed by atoms with van der Waals surface area (Å²) in [6.45, 7) is 1.50. The average molecular weight is 222 g/mol. The molecule has 0 radical (unpaired) electrons. The number of nitrogens with two attached hydrogens (primary N) is 1. The summed E-state index contributed by atoms with van der Waals surface area (Å²) in [5.74, 6) is -1.54. The summed E-state index contributed by atoms with van der Waals surface area (Å²) in [4.78, 5) is 0. The molecule has 0 aliphatic carbocycles. The van der Waals surface area contributed by atoms with Crippen LogP contribution in [0.2, 0.25) is 5.02 Å². The molecule has 0 saturated heterocycles. The molecule has 2 nitrogen and oxygen atoms in total. The predicted molar refractivity (Wildman–Crippen MR) is 50.0 cm³/mol. The van der Waals surface area contributed by atoms with Crippen molar-refractivity contribution in [2.75, 3.05) is 0 Å². The minimum Gasteiger partial charge on any atom is -0.387 e. The Labute approximate surface area is 85.3 Å². The van der Waals surface area contributed by atoms with Gasteiger partial charge in [-0.05, 0) is 19.1 Å². The Hall–Kier alpha value is -0.710. The second-order valence-corrected chi connectivity index (χ2v) is 3.50. The van der Waals surface area contributed by atoms with E-state index in [1.54, 1.807) is 0 Å². The first-order valence-corrected chi connectivity index (χ1v) is 4.39. The van der Waals surface area contributed by atoms with Gasteiger partial charge in [0.05, 0.1) is 11.1 Å². The van der Waals surface area contributed by atoms with E-state index >= 15 is 0 Å². The molecule has 0 amide bonds. The third kappa shape index (κ3) is 2.20. The van der Waals surface area contributed by atoms with Crippen molar-refractivity contribution in [2.24, 2.45) is 5.73 Å². The molecule has 0 aliphatic rings. The number of halogens is 3. The van der Waals surface area contributed by atoms with Crippen LogP contribution in [0.3, 0.4) is 0 Å². The Morgan fingerprint density at radius 2 is 1.93 bits per heavy atom. The smallest absolute Gasteiger partial charge is 0.142 e. The van der Waals surface area contributed by atoms with Crippen molar-refractivity contribution in [3.8, 4) is 0 Å². The molecule has 0 bridgehead atoms. The first kappa shape index (κ1) is 11.4. The summed E-state index contributed by atoms with van der Waals surface area (Å²) in [7, 11) is 0. The van der Waals surface area contributed by atoms with Gasteiger partial charge in [-0.25, -0.2) is 8.78 Å². The highest BCUT2D eigenvalue weighted by atomic mass is 35.5. The van der Waals surface area contributed by atoms with Crippen LogP contribution in [0, 0.1) is 11.6 Å². The van der Waals surface area contributed by atoms with Gasteiger partial charge in [0.25, 0.3) is 0 Å². The minimum atomic E-state index is -1.23. The van der Waals surface area contributed by atoms with E-state index in [1.807, 2.05) is 0 Å². The first-order chi connectivity index (χ1) is 6.43. The average Bonchev–Trinajstić information content (AvgIpc) is 2.10. The van der Waals surface area contributed by atoms with Gasteiger partial charge in [0.15, 0.2) is 0 Å². The second-order valence-electron chi connectivity index (χ2n) is 3.09. The van der Waals surface area contributed by atoms with Gasteiger partial charge in [0.1, 0.15) is 11.6 Å². The predicted octanol–water partition coefficient (Wildman–Crippen LogP) is 2.00. The van der Waals surface area contributed by atoms with E-state index in [1.165, 1.54) is 6.92 Å². The monoisotopic (exact) mass is 221 g/mol. The Kier molecular flexibility index (Phi) is 3.42. The number of aliphatic hydroxyl groups excluding tert-OH is 1. The maximum Gasteiger partial charge on any atom is 0.142 e. The SMILES string of the molecule is C[C@@H](N)[C@@H](O)c1cc(F)c(Cl)cc1F. The van der Waals surface area contributed by atoms with E-state index in [2.05, 4.69) is 0 Å². The molecule has 0 aromatic heterocycles. The van der Waals surface area contributed by atoms with Crippen molar-refractivity contribution in [1.82, 2.24) is 0 Å². The lowest BCUT2D eigenvalue weighted by Crippen LogP contribution is -2.25. The lowest BCUT2D eigenvalue weighted by Gasteiger charge is -2.15. The van der Waals surface area contributed by atoms with Crippen molar-refractivity contribution in [1.29, 1.82) is 0 Å². The van der Waals surface area contributed by atoms with Crippen molar-refractivity contribution in [2.45, 2.75) is 19.1 Å². The topological polar surface area (TPSA) is 46.2 Å². The molecule has 0 saturated carbocycles. The zero-order valence-corrected chi connectivity index (χ0v) is 8.22.